The van der Waals surface area contributed by atoms with E-state index < -0.39 is 54.4 Å². The normalized spacial score (nSPS) is 26.1. The maximum Gasteiger partial charge on any atom is 0.330 e. The molecule has 10 heteroatoms. The molecule has 3 atom stereocenters. The number of H-pyrrole nitrogens is 1. The lowest BCUT2D eigenvalue weighted by atomic mass is 9.99. The molecule has 1 N–H and O–H groups in total. The number of ether oxygens (including phenoxy) is 3. The number of hydrogen-bond acceptors (Lipinski definition) is 7. The predicted octanol–water partition coefficient (Wildman–Crippen LogP) is -0.341. The summed E-state index contributed by atoms with van der Waals surface area (Å²) in [6.07, 6.45) is -0.916. The molecule has 0 saturated carbocycles. The van der Waals surface area contributed by atoms with Gasteiger partial charge in [-0.1, -0.05) is 0 Å². The van der Waals surface area contributed by atoms with Crippen molar-refractivity contribution in [3.05, 3.63) is 33.1 Å². The molecule has 132 valence electrons. The molecule has 2 rings (SSSR count). The molecule has 0 radical (unpaired) electrons. The minimum Gasteiger partial charge on any atom is -0.463 e. The molecule has 9 nitrogen and oxygen atoms in total. The van der Waals surface area contributed by atoms with Crippen molar-refractivity contribution in [2.24, 2.45) is 0 Å². The molecule has 1 aromatic rings. The number of carbonyl (C=O) groups excluding carboxylic acids is 2. The van der Waals surface area contributed by atoms with Gasteiger partial charge in [-0.05, 0) is 0 Å². The van der Waals surface area contributed by atoms with Crippen molar-refractivity contribution in [1.82, 2.24) is 9.55 Å². The largest absolute Gasteiger partial charge is 0.463 e. The topological polar surface area (TPSA) is 117 Å². The van der Waals surface area contributed by atoms with E-state index in [1.54, 1.807) is 0 Å². The van der Waals surface area contributed by atoms with Crippen LogP contribution in [0, 0.1) is 0 Å². The molecule has 0 aromatic carbocycles. The van der Waals surface area contributed by atoms with Gasteiger partial charge in [0.25, 0.3) is 5.56 Å². The van der Waals surface area contributed by atoms with Gasteiger partial charge in [0.05, 0.1) is 0 Å². The van der Waals surface area contributed by atoms with Gasteiger partial charge in [-0.25, -0.2) is 9.18 Å². The number of aromatic nitrogens is 2. The third-order valence-electron chi connectivity index (χ3n) is 3.59. The maximum absolute atomic E-state index is 13.7. The number of nitrogens with zero attached hydrogens (tertiary/aromatic N) is 1. The van der Waals surface area contributed by atoms with Gasteiger partial charge in [0.2, 0.25) is 0 Å². The number of aromatic amines is 1. The molecular weight excluding hydrogens is 327 g/mol. The highest BCUT2D eigenvalue weighted by Crippen LogP contribution is 2.39. The van der Waals surface area contributed by atoms with Gasteiger partial charge in [0, 0.05) is 32.5 Å². The van der Waals surface area contributed by atoms with Gasteiger partial charge in [-0.3, -0.25) is 23.9 Å². The minimum atomic E-state index is -1.72. The molecule has 1 aliphatic rings. The first-order valence-electron chi connectivity index (χ1n) is 7.13. The average molecular weight is 344 g/mol. The van der Waals surface area contributed by atoms with Gasteiger partial charge in [0.1, 0.15) is 25.6 Å². The Balaban J connectivity index is 2.34. The van der Waals surface area contributed by atoms with Gasteiger partial charge in [-0.15, -0.1) is 0 Å². The van der Waals surface area contributed by atoms with E-state index in [9.17, 15) is 23.6 Å². The van der Waals surface area contributed by atoms with Crippen LogP contribution in [-0.4, -0.2) is 46.5 Å². The van der Waals surface area contributed by atoms with E-state index in [0.29, 0.717) is 0 Å². The minimum absolute atomic E-state index is 0.0449. The fourth-order valence-corrected chi connectivity index (χ4v) is 2.48. The summed E-state index contributed by atoms with van der Waals surface area (Å²) in [7, 11) is 0. The van der Waals surface area contributed by atoms with E-state index in [-0.39, 0.29) is 6.42 Å². The molecule has 1 unspecified atom stereocenters. The molecule has 0 bridgehead atoms. The number of carbonyl (C=O) groups is 2. The average Bonchev–Trinajstić information content (AvgIpc) is 2.83. The lowest BCUT2D eigenvalue weighted by Crippen LogP contribution is -2.48. The lowest BCUT2D eigenvalue weighted by Gasteiger charge is -2.30. The second-order valence-corrected chi connectivity index (χ2v) is 5.40. The third-order valence-corrected chi connectivity index (χ3v) is 3.59. The van der Waals surface area contributed by atoms with E-state index in [1.165, 1.54) is 6.20 Å². The first-order valence-corrected chi connectivity index (χ1v) is 7.13. The van der Waals surface area contributed by atoms with E-state index in [0.717, 1.165) is 24.5 Å². The van der Waals surface area contributed by atoms with E-state index in [2.05, 4.69) is 4.98 Å². The summed E-state index contributed by atoms with van der Waals surface area (Å²) in [4.78, 5) is 47.3. The van der Waals surface area contributed by atoms with Crippen LogP contribution in [0.3, 0.4) is 0 Å². The Morgan fingerprint density at radius 1 is 1.42 bits per heavy atom. The summed E-state index contributed by atoms with van der Waals surface area (Å²) in [6.45, 7) is 0.707. The van der Waals surface area contributed by atoms with Crippen LogP contribution in [0.15, 0.2) is 21.9 Å². The molecule has 1 saturated heterocycles. The van der Waals surface area contributed by atoms with Crippen molar-refractivity contribution in [3.63, 3.8) is 0 Å². The molecule has 1 fully saturated rings. The molecule has 2 heterocycles. The number of esters is 2. The summed E-state index contributed by atoms with van der Waals surface area (Å²) >= 11 is 0. The Morgan fingerprint density at radius 2 is 2.12 bits per heavy atom. The van der Waals surface area contributed by atoms with Crippen LogP contribution in [-0.2, 0) is 23.8 Å². The lowest BCUT2D eigenvalue weighted by molar-refractivity contribution is -0.179. The monoisotopic (exact) mass is 344 g/mol. The zero-order valence-corrected chi connectivity index (χ0v) is 13.1. The highest BCUT2D eigenvalue weighted by Gasteiger charge is 2.53. The van der Waals surface area contributed by atoms with Crippen LogP contribution in [0.25, 0.3) is 0 Å². The van der Waals surface area contributed by atoms with Crippen LogP contribution < -0.4 is 11.2 Å². The summed E-state index contributed by atoms with van der Waals surface area (Å²) in [5.74, 6) is -1.32. The van der Waals surface area contributed by atoms with Crippen LogP contribution >= 0.6 is 0 Å². The highest BCUT2D eigenvalue weighted by molar-refractivity contribution is 5.66. The summed E-state index contributed by atoms with van der Waals surface area (Å²) in [6, 6.07) is 1.10. The zero-order chi connectivity index (χ0) is 17.9. The second kappa shape index (κ2) is 6.95. The Labute approximate surface area is 135 Å². The standard InChI is InChI=1S/C14H17FN2O7/c1-8(18)22-7-14(6-15)10(23-9(2)19)5-12(24-14)17-4-3-11(20)16-13(17)21/h3-4,10,12H,5-7H2,1-2H3,(H,16,20,21)/t10-,12?,14+/m0/s1. The van der Waals surface area contributed by atoms with Gasteiger partial charge in [0.15, 0.2) is 5.60 Å². The number of nitrogens with one attached hydrogen (secondary N) is 1. The number of alkyl halides is 1. The van der Waals surface area contributed by atoms with Crippen molar-refractivity contribution in [1.29, 1.82) is 0 Å². The fraction of sp³-hybridized carbons (Fsp3) is 0.571. The smallest absolute Gasteiger partial charge is 0.330 e. The van der Waals surface area contributed by atoms with Crippen molar-refractivity contribution >= 4 is 11.9 Å². The third kappa shape index (κ3) is 3.70. The first kappa shape index (κ1) is 17.9. The predicted molar refractivity (Wildman–Crippen MR) is 77.0 cm³/mol. The number of rotatable bonds is 5. The van der Waals surface area contributed by atoms with Crippen LogP contribution in [0.4, 0.5) is 4.39 Å². The number of hydrogen-bond donors (Lipinski definition) is 1. The SMILES string of the molecule is CC(=O)OC[C@@]1(CF)OC(n2ccc(=O)[nH]c2=O)C[C@@H]1OC(C)=O. The molecule has 1 aromatic heterocycles. The highest BCUT2D eigenvalue weighted by atomic mass is 19.1. The van der Waals surface area contributed by atoms with Gasteiger partial charge in [-0.2, -0.15) is 0 Å². The van der Waals surface area contributed by atoms with Crippen LogP contribution in [0.1, 0.15) is 26.5 Å². The van der Waals surface area contributed by atoms with E-state index >= 15 is 0 Å². The molecular formula is C14H17FN2O7. The summed E-state index contributed by atoms with van der Waals surface area (Å²) in [5.41, 5.74) is -3.07. The molecule has 0 aliphatic carbocycles. The fourth-order valence-electron chi connectivity index (χ4n) is 2.48. The molecule has 1 aliphatic heterocycles. The van der Waals surface area contributed by atoms with E-state index in [1.807, 2.05) is 0 Å². The van der Waals surface area contributed by atoms with Crippen molar-refractivity contribution in [2.75, 3.05) is 13.3 Å². The summed E-state index contributed by atoms with van der Waals surface area (Å²) in [5, 5.41) is 0. The molecule has 0 spiro atoms. The zero-order valence-electron chi connectivity index (χ0n) is 13.1. The van der Waals surface area contributed by atoms with Gasteiger partial charge >= 0.3 is 17.6 Å². The van der Waals surface area contributed by atoms with Crippen LogP contribution in [0.5, 0.6) is 0 Å². The second-order valence-electron chi connectivity index (χ2n) is 5.40. The Bertz CT molecular complexity index is 743. The Kier molecular flexibility index (Phi) is 5.17. The molecule has 0 amide bonds. The summed E-state index contributed by atoms with van der Waals surface area (Å²) < 4.78 is 30.2. The van der Waals surface area contributed by atoms with E-state index in [4.69, 9.17) is 14.2 Å². The molecule has 24 heavy (non-hydrogen) atoms. The Morgan fingerprint density at radius 3 is 2.67 bits per heavy atom. The Hall–Kier alpha value is -2.49. The van der Waals surface area contributed by atoms with Crippen molar-refractivity contribution in [2.45, 2.75) is 38.2 Å². The van der Waals surface area contributed by atoms with Crippen LogP contribution in [0.2, 0.25) is 0 Å². The quantitative estimate of drug-likeness (QED) is 0.726. The van der Waals surface area contributed by atoms with Crippen molar-refractivity contribution < 1.29 is 28.2 Å². The first-order chi connectivity index (χ1) is 11.3. The van der Waals surface area contributed by atoms with Gasteiger partial charge < -0.3 is 14.2 Å². The number of halogens is 1. The van der Waals surface area contributed by atoms with Crippen molar-refractivity contribution in [3.8, 4) is 0 Å². The maximum atomic E-state index is 13.7.